The number of carbonyl (C=O) groups excluding carboxylic acids is 1. The summed E-state index contributed by atoms with van der Waals surface area (Å²) in [5.74, 6) is -0.494. The van der Waals surface area contributed by atoms with Crippen LogP contribution in [-0.2, 0) is 9.53 Å². The van der Waals surface area contributed by atoms with Crippen LogP contribution in [0.5, 0.6) is 0 Å². The number of ether oxygens (including phenoxy) is 1. The van der Waals surface area contributed by atoms with Gasteiger partial charge in [0.25, 0.3) is 0 Å². The lowest BCUT2D eigenvalue weighted by Crippen LogP contribution is -2.41. The third-order valence-corrected chi connectivity index (χ3v) is 3.16. The average Bonchev–Trinajstić information content (AvgIpc) is 2.15. The summed E-state index contributed by atoms with van der Waals surface area (Å²) in [6.45, 7) is 4.80. The number of nitrogens with two attached hydrogens (primary N) is 2. The van der Waals surface area contributed by atoms with Gasteiger partial charge in [0, 0.05) is 0 Å². The van der Waals surface area contributed by atoms with Gasteiger partial charge in [0.15, 0.2) is 0 Å². The summed E-state index contributed by atoms with van der Waals surface area (Å²) >= 11 is 0. The fourth-order valence-corrected chi connectivity index (χ4v) is 1.86. The number of primary amides is 1. The van der Waals surface area contributed by atoms with E-state index < -0.39 is 11.9 Å². The SMILES string of the molecule is CC1(C)CCC(OCC(N)C(N)=O)CC1. The zero-order valence-corrected chi connectivity index (χ0v) is 9.66. The van der Waals surface area contributed by atoms with Gasteiger partial charge in [-0.3, -0.25) is 4.79 Å². The lowest BCUT2D eigenvalue weighted by molar-refractivity contribution is -0.121. The summed E-state index contributed by atoms with van der Waals surface area (Å²) in [6.07, 6.45) is 4.70. The van der Waals surface area contributed by atoms with Crippen LogP contribution < -0.4 is 11.5 Å². The Bertz CT molecular complexity index is 219. The maximum Gasteiger partial charge on any atom is 0.236 e. The highest BCUT2D eigenvalue weighted by molar-refractivity contribution is 5.79. The van der Waals surface area contributed by atoms with Crippen LogP contribution in [0.2, 0.25) is 0 Å². The van der Waals surface area contributed by atoms with Crippen LogP contribution in [0.25, 0.3) is 0 Å². The number of hydrogen-bond donors (Lipinski definition) is 2. The predicted molar refractivity (Wildman–Crippen MR) is 59.2 cm³/mol. The van der Waals surface area contributed by atoms with Crippen LogP contribution >= 0.6 is 0 Å². The van der Waals surface area contributed by atoms with E-state index in [1.807, 2.05) is 0 Å². The standard InChI is InChI=1S/C11H22N2O2/c1-11(2)5-3-8(4-6-11)15-7-9(12)10(13)14/h8-9H,3-7,12H2,1-2H3,(H2,13,14). The molecular weight excluding hydrogens is 192 g/mol. The first-order valence-corrected chi connectivity index (χ1v) is 5.57. The fraction of sp³-hybridized carbons (Fsp3) is 0.909. The van der Waals surface area contributed by atoms with Crippen LogP contribution in [-0.4, -0.2) is 24.7 Å². The molecule has 4 nitrogen and oxygen atoms in total. The molecule has 0 aromatic rings. The molecule has 1 aliphatic carbocycles. The van der Waals surface area contributed by atoms with Crippen molar-refractivity contribution >= 4 is 5.91 Å². The fourth-order valence-electron chi connectivity index (χ4n) is 1.86. The van der Waals surface area contributed by atoms with Crippen molar-refractivity contribution in [2.75, 3.05) is 6.61 Å². The highest BCUT2D eigenvalue weighted by Crippen LogP contribution is 2.36. The minimum absolute atomic E-state index is 0.250. The Kier molecular flexibility index (Phi) is 4.11. The van der Waals surface area contributed by atoms with Crippen molar-refractivity contribution in [3.05, 3.63) is 0 Å². The van der Waals surface area contributed by atoms with Gasteiger partial charge >= 0.3 is 0 Å². The third-order valence-electron chi connectivity index (χ3n) is 3.16. The zero-order valence-electron chi connectivity index (χ0n) is 9.66. The minimum Gasteiger partial charge on any atom is -0.376 e. The van der Waals surface area contributed by atoms with Gasteiger partial charge in [-0.05, 0) is 31.1 Å². The predicted octanol–water partition coefficient (Wildman–Crippen LogP) is 0.784. The lowest BCUT2D eigenvalue weighted by atomic mass is 9.76. The summed E-state index contributed by atoms with van der Waals surface area (Å²) in [7, 11) is 0. The molecule has 1 aliphatic rings. The molecule has 1 amide bonds. The molecule has 0 aromatic carbocycles. The molecule has 1 saturated carbocycles. The van der Waals surface area contributed by atoms with Crippen molar-refractivity contribution < 1.29 is 9.53 Å². The van der Waals surface area contributed by atoms with Crippen molar-refractivity contribution in [3.63, 3.8) is 0 Å². The van der Waals surface area contributed by atoms with Gasteiger partial charge < -0.3 is 16.2 Å². The van der Waals surface area contributed by atoms with E-state index in [9.17, 15) is 4.79 Å². The van der Waals surface area contributed by atoms with Crippen LogP contribution in [0.3, 0.4) is 0 Å². The first-order chi connectivity index (χ1) is 6.91. The smallest absolute Gasteiger partial charge is 0.236 e. The van der Waals surface area contributed by atoms with E-state index >= 15 is 0 Å². The molecule has 1 rings (SSSR count). The molecule has 1 unspecified atom stereocenters. The van der Waals surface area contributed by atoms with Crippen LogP contribution in [0.15, 0.2) is 0 Å². The number of hydrogen-bond acceptors (Lipinski definition) is 3. The van der Waals surface area contributed by atoms with Crippen molar-refractivity contribution in [2.45, 2.75) is 51.7 Å². The average molecular weight is 214 g/mol. The quantitative estimate of drug-likeness (QED) is 0.726. The summed E-state index contributed by atoms with van der Waals surface area (Å²) in [5, 5.41) is 0. The molecule has 15 heavy (non-hydrogen) atoms. The molecule has 0 saturated heterocycles. The molecule has 1 atom stereocenters. The first-order valence-electron chi connectivity index (χ1n) is 5.57. The van der Waals surface area contributed by atoms with Crippen LogP contribution in [0.4, 0.5) is 0 Å². The minimum atomic E-state index is -0.667. The van der Waals surface area contributed by atoms with E-state index in [1.54, 1.807) is 0 Å². The first kappa shape index (κ1) is 12.5. The monoisotopic (exact) mass is 214 g/mol. The molecule has 0 heterocycles. The topological polar surface area (TPSA) is 78.3 Å². The zero-order chi connectivity index (χ0) is 11.5. The Hall–Kier alpha value is -0.610. The van der Waals surface area contributed by atoms with Gasteiger partial charge in [0.05, 0.1) is 12.7 Å². The van der Waals surface area contributed by atoms with E-state index in [-0.39, 0.29) is 12.7 Å². The van der Waals surface area contributed by atoms with E-state index in [0.29, 0.717) is 5.41 Å². The lowest BCUT2D eigenvalue weighted by Gasteiger charge is -2.34. The Morgan fingerprint density at radius 2 is 2.00 bits per heavy atom. The molecule has 4 heteroatoms. The second-order valence-electron chi connectivity index (χ2n) is 5.21. The van der Waals surface area contributed by atoms with Gasteiger partial charge in [0.2, 0.25) is 5.91 Å². The number of carbonyl (C=O) groups is 1. The summed E-state index contributed by atoms with van der Waals surface area (Å²) in [5.41, 5.74) is 11.0. The van der Waals surface area contributed by atoms with Crippen LogP contribution in [0, 0.1) is 5.41 Å². The Balaban J connectivity index is 2.22. The molecule has 88 valence electrons. The van der Waals surface area contributed by atoms with Gasteiger partial charge in [0.1, 0.15) is 6.04 Å². The second kappa shape index (κ2) is 4.94. The van der Waals surface area contributed by atoms with Gasteiger partial charge in [-0.2, -0.15) is 0 Å². The Morgan fingerprint density at radius 1 is 1.47 bits per heavy atom. The normalized spacial score (nSPS) is 23.7. The maximum absolute atomic E-state index is 10.7. The summed E-state index contributed by atoms with van der Waals surface area (Å²) in [4.78, 5) is 10.7. The molecule has 0 radical (unpaired) electrons. The van der Waals surface area contributed by atoms with E-state index in [0.717, 1.165) is 12.8 Å². The summed E-state index contributed by atoms with van der Waals surface area (Å²) < 4.78 is 5.57. The van der Waals surface area contributed by atoms with Gasteiger partial charge in [-0.1, -0.05) is 13.8 Å². The van der Waals surface area contributed by atoms with Gasteiger partial charge in [-0.15, -0.1) is 0 Å². The molecule has 0 aromatic heterocycles. The molecule has 4 N–H and O–H groups in total. The Labute approximate surface area is 91.3 Å². The van der Waals surface area contributed by atoms with Gasteiger partial charge in [-0.25, -0.2) is 0 Å². The number of rotatable bonds is 4. The van der Waals surface area contributed by atoms with Crippen molar-refractivity contribution in [3.8, 4) is 0 Å². The highest BCUT2D eigenvalue weighted by Gasteiger charge is 2.27. The van der Waals surface area contributed by atoms with E-state index in [2.05, 4.69) is 13.8 Å². The Morgan fingerprint density at radius 3 is 2.47 bits per heavy atom. The molecule has 0 spiro atoms. The van der Waals surface area contributed by atoms with E-state index in [4.69, 9.17) is 16.2 Å². The second-order valence-corrected chi connectivity index (χ2v) is 5.21. The third kappa shape index (κ3) is 4.18. The van der Waals surface area contributed by atoms with Crippen molar-refractivity contribution in [1.29, 1.82) is 0 Å². The van der Waals surface area contributed by atoms with Crippen LogP contribution in [0.1, 0.15) is 39.5 Å². The van der Waals surface area contributed by atoms with Crippen molar-refractivity contribution in [1.82, 2.24) is 0 Å². The molecule has 1 fully saturated rings. The maximum atomic E-state index is 10.7. The van der Waals surface area contributed by atoms with Crippen molar-refractivity contribution in [2.24, 2.45) is 16.9 Å². The molecular formula is C11H22N2O2. The summed E-state index contributed by atoms with van der Waals surface area (Å²) in [6, 6.07) is -0.667. The van der Waals surface area contributed by atoms with E-state index in [1.165, 1.54) is 12.8 Å². The molecule has 0 bridgehead atoms. The number of amides is 1. The highest BCUT2D eigenvalue weighted by atomic mass is 16.5. The largest absolute Gasteiger partial charge is 0.376 e. The molecule has 0 aliphatic heterocycles.